The zero-order chi connectivity index (χ0) is 32.0. The minimum absolute atomic E-state index is 0.779. The van der Waals surface area contributed by atoms with Crippen LogP contribution in [-0.4, -0.2) is 38.4 Å². The molecule has 45 heavy (non-hydrogen) atoms. The third-order valence-electron chi connectivity index (χ3n) is 8.99. The second-order valence-corrected chi connectivity index (χ2v) is 12.5. The molecule has 0 aliphatic heterocycles. The number of hydrogen-bond acceptors (Lipinski definition) is 3. The fourth-order valence-electron chi connectivity index (χ4n) is 6.37. The molecule has 0 N–H and O–H groups in total. The van der Waals surface area contributed by atoms with E-state index in [1.54, 1.807) is 0 Å². The molecule has 0 bridgehead atoms. The largest absolute Gasteiger partial charge is 0.372 e. The van der Waals surface area contributed by atoms with E-state index >= 15 is 0 Å². The molecule has 3 nitrogen and oxygen atoms in total. The highest BCUT2D eigenvalue weighted by Crippen LogP contribution is 2.39. The summed E-state index contributed by atoms with van der Waals surface area (Å²) >= 11 is 0. The third-order valence-corrected chi connectivity index (χ3v) is 8.99. The fraction of sp³-hybridized carbons (Fsp3) is 0.452. The van der Waals surface area contributed by atoms with Gasteiger partial charge in [-0.2, -0.15) is 0 Å². The van der Waals surface area contributed by atoms with E-state index in [-0.39, 0.29) is 0 Å². The Labute approximate surface area is 274 Å². The lowest BCUT2D eigenvalue weighted by Crippen LogP contribution is -2.25. The number of fused-ring (bicyclic) bond motifs is 1. The number of unbranched alkanes of at least 4 members (excludes halogenated alkanes) is 4. The minimum atomic E-state index is 0.779. The van der Waals surface area contributed by atoms with Gasteiger partial charge in [0, 0.05) is 49.7 Å². The van der Waals surface area contributed by atoms with E-state index in [1.807, 2.05) is 0 Å². The predicted molar refractivity (Wildman–Crippen MR) is 200 cm³/mol. The first-order valence-electron chi connectivity index (χ1n) is 17.8. The molecule has 1 aliphatic rings. The molecule has 3 aromatic carbocycles. The zero-order valence-corrected chi connectivity index (χ0v) is 29.0. The number of nitrogens with zero attached hydrogens (tertiary/aromatic N) is 3. The molecule has 0 atom stereocenters. The average molecular weight is 604 g/mol. The summed E-state index contributed by atoms with van der Waals surface area (Å²) in [6, 6.07) is 25.4. The summed E-state index contributed by atoms with van der Waals surface area (Å²) in [5.74, 6) is 0. The SMILES string of the molecule is CCCCN(CCCC)c1ccc(C(=C2C=CC(=NCC)c3ccccc32)c2ccc(N(CCCC)CCCC)cc2C)cc1. The van der Waals surface area contributed by atoms with E-state index in [0.717, 1.165) is 38.4 Å². The van der Waals surface area contributed by atoms with E-state index in [9.17, 15) is 0 Å². The Hall–Kier alpha value is -3.59. The molecule has 0 saturated heterocycles. The van der Waals surface area contributed by atoms with Crippen molar-refractivity contribution in [1.29, 1.82) is 0 Å². The van der Waals surface area contributed by atoms with E-state index in [1.165, 1.54) is 102 Å². The normalized spacial score (nSPS) is 14.5. The lowest BCUT2D eigenvalue weighted by Gasteiger charge is -2.27. The topological polar surface area (TPSA) is 18.8 Å². The molecule has 0 fully saturated rings. The number of benzene rings is 3. The molecule has 0 amide bonds. The first-order chi connectivity index (χ1) is 22.1. The summed E-state index contributed by atoms with van der Waals surface area (Å²) < 4.78 is 0. The number of rotatable bonds is 17. The van der Waals surface area contributed by atoms with Crippen molar-refractivity contribution in [1.82, 2.24) is 0 Å². The van der Waals surface area contributed by atoms with Gasteiger partial charge in [0.05, 0.1) is 5.71 Å². The first-order valence-corrected chi connectivity index (χ1v) is 17.8. The van der Waals surface area contributed by atoms with Crippen LogP contribution < -0.4 is 9.80 Å². The molecule has 3 aromatic rings. The van der Waals surface area contributed by atoms with Crippen LogP contribution in [0, 0.1) is 6.92 Å². The van der Waals surface area contributed by atoms with Gasteiger partial charge in [0.15, 0.2) is 0 Å². The van der Waals surface area contributed by atoms with Crippen molar-refractivity contribution in [2.75, 3.05) is 42.5 Å². The molecule has 0 saturated carbocycles. The smallest absolute Gasteiger partial charge is 0.0652 e. The van der Waals surface area contributed by atoms with Crippen LogP contribution in [0.25, 0.3) is 11.1 Å². The summed E-state index contributed by atoms with van der Waals surface area (Å²) in [6.45, 7) is 18.8. The van der Waals surface area contributed by atoms with Crippen LogP contribution in [0.15, 0.2) is 83.9 Å². The molecular formula is C42H57N3. The molecule has 0 spiro atoms. The van der Waals surface area contributed by atoms with E-state index < -0.39 is 0 Å². The van der Waals surface area contributed by atoms with Gasteiger partial charge in [0.2, 0.25) is 0 Å². The Kier molecular flexibility index (Phi) is 13.5. The lowest BCUT2D eigenvalue weighted by atomic mass is 9.82. The maximum Gasteiger partial charge on any atom is 0.0652 e. The molecule has 240 valence electrons. The zero-order valence-electron chi connectivity index (χ0n) is 29.0. The van der Waals surface area contributed by atoms with Gasteiger partial charge >= 0.3 is 0 Å². The fourth-order valence-corrected chi connectivity index (χ4v) is 6.37. The van der Waals surface area contributed by atoms with Crippen molar-refractivity contribution in [3.8, 4) is 0 Å². The van der Waals surface area contributed by atoms with Gasteiger partial charge in [0.25, 0.3) is 0 Å². The Balaban J connectivity index is 1.86. The second kappa shape index (κ2) is 17.8. The van der Waals surface area contributed by atoms with Crippen molar-refractivity contribution < 1.29 is 0 Å². The minimum Gasteiger partial charge on any atom is -0.372 e. The Morgan fingerprint density at radius 1 is 0.600 bits per heavy atom. The van der Waals surface area contributed by atoms with Gasteiger partial charge in [0.1, 0.15) is 0 Å². The number of hydrogen-bond donors (Lipinski definition) is 0. The molecule has 4 rings (SSSR count). The standard InChI is InChI=1S/C42H57N3/c1-7-12-28-44(29-13-8-2)35-22-20-34(21-23-35)42(40-26-27-41(43-11-5)39-19-17-16-18-38(39)40)37-25-24-36(32-33(37)6)45(30-14-9-3)31-15-10-4/h16-27,32H,7-15,28-31H2,1-6H3. The maximum absolute atomic E-state index is 4.84. The van der Waals surface area contributed by atoms with Gasteiger partial charge in [-0.1, -0.05) is 102 Å². The quantitative estimate of drug-likeness (QED) is 0.153. The van der Waals surface area contributed by atoms with Crippen LogP contribution in [0.2, 0.25) is 0 Å². The molecule has 3 heteroatoms. The van der Waals surface area contributed by atoms with E-state index in [0.29, 0.717) is 0 Å². The van der Waals surface area contributed by atoms with Crippen molar-refractivity contribution >= 4 is 28.2 Å². The lowest BCUT2D eigenvalue weighted by molar-refractivity contribution is 0.678. The Morgan fingerprint density at radius 2 is 1.13 bits per heavy atom. The van der Waals surface area contributed by atoms with Crippen molar-refractivity contribution in [3.05, 3.63) is 107 Å². The van der Waals surface area contributed by atoms with E-state index in [4.69, 9.17) is 4.99 Å². The van der Waals surface area contributed by atoms with Crippen molar-refractivity contribution in [2.45, 2.75) is 92.9 Å². The molecule has 1 aliphatic carbocycles. The van der Waals surface area contributed by atoms with Crippen LogP contribution in [-0.2, 0) is 0 Å². The number of aliphatic imine (C=N–C) groups is 1. The van der Waals surface area contributed by atoms with Crippen LogP contribution >= 0.6 is 0 Å². The van der Waals surface area contributed by atoms with Gasteiger partial charge in [-0.25, -0.2) is 0 Å². The van der Waals surface area contributed by atoms with E-state index in [2.05, 4.69) is 130 Å². The number of aryl methyl sites for hydroxylation is 1. The first kappa shape index (κ1) is 34.3. The van der Waals surface area contributed by atoms with Crippen LogP contribution in [0.1, 0.15) is 114 Å². The molecule has 0 aromatic heterocycles. The van der Waals surface area contributed by atoms with Gasteiger partial charge in [-0.3, -0.25) is 4.99 Å². The summed E-state index contributed by atoms with van der Waals surface area (Å²) in [4.78, 5) is 10.0. The highest BCUT2D eigenvalue weighted by atomic mass is 15.1. The van der Waals surface area contributed by atoms with Crippen molar-refractivity contribution in [2.24, 2.45) is 4.99 Å². The second-order valence-electron chi connectivity index (χ2n) is 12.5. The van der Waals surface area contributed by atoms with Gasteiger partial charge in [-0.05, 0) is 103 Å². The Bertz CT molecular complexity index is 1430. The molecule has 0 radical (unpaired) electrons. The summed E-state index contributed by atoms with van der Waals surface area (Å²) in [5, 5.41) is 0. The third kappa shape index (κ3) is 8.78. The van der Waals surface area contributed by atoms with Gasteiger partial charge < -0.3 is 9.80 Å². The van der Waals surface area contributed by atoms with Crippen LogP contribution in [0.5, 0.6) is 0 Å². The number of allylic oxidation sites excluding steroid dienone is 3. The maximum atomic E-state index is 4.84. The summed E-state index contributed by atoms with van der Waals surface area (Å²) in [6.07, 6.45) is 14.3. The number of anilines is 2. The summed E-state index contributed by atoms with van der Waals surface area (Å²) in [7, 11) is 0. The van der Waals surface area contributed by atoms with Gasteiger partial charge in [-0.15, -0.1) is 0 Å². The highest BCUT2D eigenvalue weighted by molar-refractivity contribution is 6.19. The molecule has 0 unspecified atom stereocenters. The highest BCUT2D eigenvalue weighted by Gasteiger charge is 2.21. The molecular weight excluding hydrogens is 546 g/mol. The predicted octanol–water partition coefficient (Wildman–Crippen LogP) is 11.1. The summed E-state index contributed by atoms with van der Waals surface area (Å²) in [5.41, 5.74) is 12.7. The Morgan fingerprint density at radius 3 is 1.67 bits per heavy atom. The molecule has 0 heterocycles. The van der Waals surface area contributed by atoms with Crippen LogP contribution in [0.4, 0.5) is 11.4 Å². The monoisotopic (exact) mass is 603 g/mol. The van der Waals surface area contributed by atoms with Crippen LogP contribution in [0.3, 0.4) is 0 Å². The van der Waals surface area contributed by atoms with Crippen molar-refractivity contribution in [3.63, 3.8) is 0 Å². The average Bonchev–Trinajstić information content (AvgIpc) is 3.07.